The van der Waals surface area contributed by atoms with E-state index < -0.39 is 47.7 Å². The van der Waals surface area contributed by atoms with E-state index in [1.54, 1.807) is 6.07 Å². The van der Waals surface area contributed by atoms with Crippen molar-refractivity contribution in [1.82, 2.24) is 10.6 Å². The molecule has 1 fully saturated rings. The lowest BCUT2D eigenvalue weighted by Crippen LogP contribution is -2.66. The zero-order chi connectivity index (χ0) is 24.1. The highest BCUT2D eigenvalue weighted by atomic mass is 16.4. The van der Waals surface area contributed by atoms with Crippen LogP contribution in [0.3, 0.4) is 0 Å². The Kier molecular flexibility index (Phi) is 7.79. The molecule has 4 amide bonds. The minimum absolute atomic E-state index is 0.00317. The maximum Gasteiger partial charge on any atom is 0.337 e. The number of nitrogens with zero attached hydrogens (tertiary/aromatic N) is 1. The molecule has 1 aromatic rings. The molecule has 1 aliphatic rings. The summed E-state index contributed by atoms with van der Waals surface area (Å²) >= 11 is 0. The van der Waals surface area contributed by atoms with Gasteiger partial charge in [0.15, 0.2) is 5.54 Å². The third kappa shape index (κ3) is 5.16. The van der Waals surface area contributed by atoms with Gasteiger partial charge in [0.1, 0.15) is 6.04 Å². The number of carboxylic acid groups (broad SMARTS) is 1. The fourth-order valence-electron chi connectivity index (χ4n) is 3.92. The van der Waals surface area contributed by atoms with Gasteiger partial charge in [0.05, 0.1) is 17.8 Å². The lowest BCUT2D eigenvalue weighted by Gasteiger charge is -2.37. The van der Waals surface area contributed by atoms with E-state index in [2.05, 4.69) is 10.6 Å². The predicted octanol–water partition coefficient (Wildman–Crippen LogP) is -0.658. The maximum absolute atomic E-state index is 13.4. The molecule has 11 heteroatoms. The number of nitrogens with two attached hydrogens (primary N) is 2. The average Bonchev–Trinajstić information content (AvgIpc) is 3.17. The van der Waals surface area contributed by atoms with E-state index in [9.17, 15) is 29.1 Å². The molecule has 11 nitrogen and oxygen atoms in total. The van der Waals surface area contributed by atoms with Crippen molar-refractivity contribution in [2.24, 2.45) is 17.4 Å². The van der Waals surface area contributed by atoms with Crippen LogP contribution in [0.15, 0.2) is 24.3 Å². The van der Waals surface area contributed by atoms with Crippen molar-refractivity contribution in [3.8, 4) is 0 Å². The quantitative estimate of drug-likeness (QED) is 0.295. The van der Waals surface area contributed by atoms with E-state index in [4.69, 9.17) is 11.5 Å². The SMILES string of the molecule is CC(C)C[C@H](NC(=O)[C@]1(C(N)=O)CCCN1c1ccccc1C(=O)O)C(=O)NCC(N)=O. The number of para-hydroxylation sites is 1. The molecule has 1 heterocycles. The monoisotopic (exact) mass is 447 g/mol. The lowest BCUT2D eigenvalue weighted by molar-refractivity contribution is -0.138. The van der Waals surface area contributed by atoms with Crippen molar-refractivity contribution in [2.45, 2.75) is 44.7 Å². The standard InChI is InChI=1S/C21H29N5O6/c1-12(2)10-14(17(28)24-11-16(22)27)25-20(32)21(19(23)31)8-5-9-26(21)15-7-4-3-6-13(15)18(29)30/h3-4,6-7,12,14H,5,8-11H2,1-2H3,(H2,22,27)(H2,23,31)(H,24,28)(H,25,32)(H,29,30)/t14-,21+/m0/s1. The molecule has 0 spiro atoms. The molecule has 2 rings (SSSR count). The van der Waals surface area contributed by atoms with E-state index in [-0.39, 0.29) is 36.6 Å². The van der Waals surface area contributed by atoms with E-state index in [0.29, 0.717) is 6.42 Å². The molecule has 1 saturated heterocycles. The highest BCUT2D eigenvalue weighted by Gasteiger charge is 2.54. The highest BCUT2D eigenvalue weighted by molar-refractivity contribution is 6.14. The Hall–Kier alpha value is -3.63. The first kappa shape index (κ1) is 24.6. The Morgan fingerprint density at radius 3 is 2.38 bits per heavy atom. The van der Waals surface area contributed by atoms with Gasteiger partial charge in [-0.15, -0.1) is 0 Å². The number of hydrogen-bond acceptors (Lipinski definition) is 6. The van der Waals surface area contributed by atoms with E-state index in [0.717, 1.165) is 0 Å². The number of aromatic carboxylic acids is 1. The van der Waals surface area contributed by atoms with Crippen LogP contribution in [0.25, 0.3) is 0 Å². The number of carboxylic acids is 1. The van der Waals surface area contributed by atoms with Crippen LogP contribution in [-0.4, -0.2) is 59.4 Å². The summed E-state index contributed by atoms with van der Waals surface area (Å²) in [7, 11) is 0. The van der Waals surface area contributed by atoms with Crippen molar-refractivity contribution in [3.63, 3.8) is 0 Å². The zero-order valence-corrected chi connectivity index (χ0v) is 18.1. The summed E-state index contributed by atoms with van der Waals surface area (Å²) in [6.45, 7) is 3.51. The first-order chi connectivity index (χ1) is 15.0. The first-order valence-corrected chi connectivity index (χ1v) is 10.3. The Morgan fingerprint density at radius 2 is 1.81 bits per heavy atom. The lowest BCUT2D eigenvalue weighted by atomic mass is 9.91. The number of anilines is 1. The Bertz CT molecular complexity index is 918. The van der Waals surface area contributed by atoms with E-state index in [1.807, 2.05) is 13.8 Å². The fraction of sp³-hybridized carbons (Fsp3) is 0.476. The third-order valence-electron chi connectivity index (χ3n) is 5.36. The zero-order valence-electron chi connectivity index (χ0n) is 18.1. The number of primary amides is 2. The van der Waals surface area contributed by atoms with Gasteiger partial charge in [0, 0.05) is 6.54 Å². The highest BCUT2D eigenvalue weighted by Crippen LogP contribution is 2.36. The molecular weight excluding hydrogens is 418 g/mol. The van der Waals surface area contributed by atoms with Crippen LogP contribution in [0.4, 0.5) is 5.69 Å². The molecule has 1 aromatic carbocycles. The van der Waals surface area contributed by atoms with Crippen molar-refractivity contribution in [1.29, 1.82) is 0 Å². The third-order valence-corrected chi connectivity index (χ3v) is 5.36. The number of nitrogens with one attached hydrogen (secondary N) is 2. The van der Waals surface area contributed by atoms with Gasteiger partial charge in [-0.25, -0.2) is 4.79 Å². The molecule has 2 atom stereocenters. The molecule has 1 aliphatic heterocycles. The van der Waals surface area contributed by atoms with Crippen molar-refractivity contribution in [3.05, 3.63) is 29.8 Å². The smallest absolute Gasteiger partial charge is 0.337 e. The number of hydrogen-bond donors (Lipinski definition) is 5. The van der Waals surface area contributed by atoms with Crippen LogP contribution < -0.4 is 27.0 Å². The number of benzene rings is 1. The van der Waals surface area contributed by atoms with E-state index >= 15 is 0 Å². The van der Waals surface area contributed by atoms with Gasteiger partial charge in [-0.05, 0) is 37.3 Å². The van der Waals surface area contributed by atoms with Crippen molar-refractivity contribution in [2.75, 3.05) is 18.0 Å². The number of carbonyl (C=O) groups is 5. The largest absolute Gasteiger partial charge is 0.478 e. The topological polar surface area (TPSA) is 185 Å². The number of carbonyl (C=O) groups excluding carboxylic acids is 4. The molecular formula is C21H29N5O6. The van der Waals surface area contributed by atoms with Crippen LogP contribution in [0.2, 0.25) is 0 Å². The predicted molar refractivity (Wildman–Crippen MR) is 115 cm³/mol. The molecule has 0 bridgehead atoms. The van der Waals surface area contributed by atoms with Crippen LogP contribution >= 0.6 is 0 Å². The molecule has 0 aliphatic carbocycles. The molecule has 0 saturated carbocycles. The fourth-order valence-corrected chi connectivity index (χ4v) is 3.92. The Balaban J connectivity index is 2.41. The van der Waals surface area contributed by atoms with Gasteiger partial charge >= 0.3 is 5.97 Å². The Labute approximate surface area is 185 Å². The minimum atomic E-state index is -1.87. The van der Waals surface area contributed by atoms with Gasteiger partial charge < -0.3 is 32.1 Å². The summed E-state index contributed by atoms with van der Waals surface area (Å²) in [5.41, 5.74) is 8.99. The average molecular weight is 447 g/mol. The van der Waals surface area contributed by atoms with Crippen LogP contribution in [0.5, 0.6) is 0 Å². The van der Waals surface area contributed by atoms with E-state index in [1.165, 1.54) is 23.1 Å². The van der Waals surface area contributed by atoms with Gasteiger partial charge in [0.25, 0.3) is 11.8 Å². The maximum atomic E-state index is 13.4. The second kappa shape index (κ2) is 10.1. The summed E-state index contributed by atoms with van der Waals surface area (Å²) < 4.78 is 0. The second-order valence-electron chi connectivity index (χ2n) is 8.14. The van der Waals surface area contributed by atoms with Gasteiger partial charge in [-0.2, -0.15) is 0 Å². The molecule has 7 N–H and O–H groups in total. The van der Waals surface area contributed by atoms with Crippen LogP contribution in [-0.2, 0) is 19.2 Å². The summed E-state index contributed by atoms with van der Waals surface area (Å²) in [6.07, 6.45) is 0.698. The van der Waals surface area contributed by atoms with Crippen molar-refractivity contribution < 1.29 is 29.1 Å². The summed E-state index contributed by atoms with van der Waals surface area (Å²) in [6, 6.07) is 4.97. The number of rotatable bonds is 10. The Morgan fingerprint density at radius 1 is 1.16 bits per heavy atom. The van der Waals surface area contributed by atoms with Gasteiger partial charge in [0.2, 0.25) is 11.8 Å². The summed E-state index contributed by atoms with van der Waals surface area (Å²) in [5, 5.41) is 14.5. The van der Waals surface area contributed by atoms with Gasteiger partial charge in [-0.1, -0.05) is 26.0 Å². The molecule has 32 heavy (non-hydrogen) atoms. The first-order valence-electron chi connectivity index (χ1n) is 10.3. The summed E-state index contributed by atoms with van der Waals surface area (Å²) in [4.78, 5) is 62.7. The molecule has 0 aromatic heterocycles. The second-order valence-corrected chi connectivity index (χ2v) is 8.14. The number of amides is 4. The summed E-state index contributed by atoms with van der Waals surface area (Å²) in [5.74, 6) is -4.34. The normalized spacial score (nSPS) is 18.8. The molecule has 0 unspecified atom stereocenters. The molecule has 174 valence electrons. The van der Waals surface area contributed by atoms with Crippen LogP contribution in [0.1, 0.15) is 43.5 Å². The van der Waals surface area contributed by atoms with Gasteiger partial charge in [-0.3, -0.25) is 19.2 Å². The minimum Gasteiger partial charge on any atom is -0.478 e. The molecule has 0 radical (unpaired) electrons. The van der Waals surface area contributed by atoms with Crippen molar-refractivity contribution >= 4 is 35.3 Å². The van der Waals surface area contributed by atoms with Crippen LogP contribution in [0, 0.1) is 5.92 Å².